The topological polar surface area (TPSA) is 64.1 Å². The summed E-state index contributed by atoms with van der Waals surface area (Å²) in [5, 5.41) is 7.11. The molecule has 2 rings (SSSR count). The molecule has 7 heteroatoms. The van der Waals surface area contributed by atoms with E-state index in [0.29, 0.717) is 29.7 Å². The molecule has 1 aliphatic heterocycles. The summed E-state index contributed by atoms with van der Waals surface area (Å²) >= 11 is 6.31. The van der Waals surface area contributed by atoms with Gasteiger partial charge in [0.1, 0.15) is 0 Å². The lowest BCUT2D eigenvalue weighted by atomic mass is 10.2. The minimum Gasteiger partial charge on any atom is -0.493 e. The third-order valence-electron chi connectivity index (χ3n) is 3.86. The lowest BCUT2D eigenvalue weighted by Crippen LogP contribution is -2.41. The summed E-state index contributed by atoms with van der Waals surface area (Å²) in [7, 11) is 1.61. The van der Waals surface area contributed by atoms with E-state index in [-0.39, 0.29) is 6.10 Å². The lowest BCUT2D eigenvalue weighted by Gasteiger charge is -2.15. The number of methoxy groups -OCH3 is 1. The van der Waals surface area contributed by atoms with Crippen LogP contribution in [0.2, 0.25) is 5.02 Å². The molecular weight excluding hydrogens is 342 g/mol. The molecule has 140 valence electrons. The highest BCUT2D eigenvalue weighted by atomic mass is 35.5. The zero-order chi connectivity index (χ0) is 18.1. The van der Waals surface area contributed by atoms with E-state index >= 15 is 0 Å². The zero-order valence-corrected chi connectivity index (χ0v) is 16.0. The summed E-state index contributed by atoms with van der Waals surface area (Å²) in [5.41, 5.74) is 0.958. The number of hydrogen-bond acceptors (Lipinski definition) is 4. The third kappa shape index (κ3) is 5.97. The van der Waals surface area contributed by atoms with Crippen molar-refractivity contribution in [3.63, 3.8) is 0 Å². The SMILES string of the molecule is CCNC(=NCc1cc(Cl)c(OCC)c(OC)c1)NCC1CCCO1. The highest BCUT2D eigenvalue weighted by molar-refractivity contribution is 6.32. The van der Waals surface area contributed by atoms with Gasteiger partial charge in [0.15, 0.2) is 17.5 Å². The van der Waals surface area contributed by atoms with Crippen molar-refractivity contribution in [2.45, 2.75) is 39.3 Å². The van der Waals surface area contributed by atoms with Gasteiger partial charge >= 0.3 is 0 Å². The fourth-order valence-electron chi connectivity index (χ4n) is 2.68. The van der Waals surface area contributed by atoms with Gasteiger partial charge < -0.3 is 24.8 Å². The van der Waals surface area contributed by atoms with Crippen molar-refractivity contribution >= 4 is 17.6 Å². The van der Waals surface area contributed by atoms with Gasteiger partial charge in [0.2, 0.25) is 0 Å². The molecule has 0 spiro atoms. The molecule has 25 heavy (non-hydrogen) atoms. The fourth-order valence-corrected chi connectivity index (χ4v) is 2.96. The predicted molar refractivity (Wildman–Crippen MR) is 101 cm³/mol. The summed E-state index contributed by atoms with van der Waals surface area (Å²) in [4.78, 5) is 4.62. The van der Waals surface area contributed by atoms with Crippen LogP contribution >= 0.6 is 11.6 Å². The molecule has 1 heterocycles. The van der Waals surface area contributed by atoms with Crippen molar-refractivity contribution in [1.29, 1.82) is 0 Å². The van der Waals surface area contributed by atoms with Gasteiger partial charge in [0, 0.05) is 19.7 Å². The Morgan fingerprint density at radius 1 is 1.36 bits per heavy atom. The Balaban J connectivity index is 2.03. The number of halogens is 1. The van der Waals surface area contributed by atoms with E-state index in [4.69, 9.17) is 25.8 Å². The minimum absolute atomic E-state index is 0.267. The Hall–Kier alpha value is -1.66. The fraction of sp³-hybridized carbons (Fsp3) is 0.611. The molecule has 1 aliphatic rings. The predicted octanol–water partition coefficient (Wildman–Crippen LogP) is 2.98. The first kappa shape index (κ1) is 19.7. The smallest absolute Gasteiger partial charge is 0.191 e. The summed E-state index contributed by atoms with van der Waals surface area (Å²) in [6.07, 6.45) is 2.49. The maximum Gasteiger partial charge on any atom is 0.191 e. The number of rotatable bonds is 8. The van der Waals surface area contributed by atoms with E-state index in [2.05, 4.69) is 15.6 Å². The number of benzene rings is 1. The second-order valence-electron chi connectivity index (χ2n) is 5.75. The Bertz CT molecular complexity index is 575. The van der Waals surface area contributed by atoms with Gasteiger partial charge in [-0.15, -0.1) is 0 Å². The zero-order valence-electron chi connectivity index (χ0n) is 15.2. The molecule has 1 unspecified atom stereocenters. The van der Waals surface area contributed by atoms with Crippen LogP contribution in [0.1, 0.15) is 32.3 Å². The van der Waals surface area contributed by atoms with Crippen LogP contribution < -0.4 is 20.1 Å². The average Bonchev–Trinajstić information content (AvgIpc) is 3.13. The van der Waals surface area contributed by atoms with Crippen LogP contribution in [0.5, 0.6) is 11.5 Å². The van der Waals surface area contributed by atoms with Crippen molar-refractivity contribution in [2.75, 3.05) is 33.4 Å². The first-order chi connectivity index (χ1) is 12.2. The number of nitrogens with zero attached hydrogens (tertiary/aromatic N) is 1. The third-order valence-corrected chi connectivity index (χ3v) is 4.14. The monoisotopic (exact) mass is 369 g/mol. The molecule has 1 fully saturated rings. The Kier molecular flexibility index (Phi) is 8.15. The van der Waals surface area contributed by atoms with Crippen LogP contribution in [0.15, 0.2) is 17.1 Å². The van der Waals surface area contributed by atoms with Crippen LogP contribution in [-0.2, 0) is 11.3 Å². The van der Waals surface area contributed by atoms with Crippen LogP contribution in [0.3, 0.4) is 0 Å². The Labute approximate surface area is 154 Å². The van der Waals surface area contributed by atoms with Crippen molar-refractivity contribution < 1.29 is 14.2 Å². The lowest BCUT2D eigenvalue weighted by molar-refractivity contribution is 0.114. The molecule has 1 aromatic carbocycles. The molecule has 1 saturated heterocycles. The number of guanidine groups is 1. The number of hydrogen-bond donors (Lipinski definition) is 2. The molecule has 0 bridgehead atoms. The number of aliphatic imine (C=N–C) groups is 1. The number of ether oxygens (including phenoxy) is 3. The highest BCUT2D eigenvalue weighted by Crippen LogP contribution is 2.36. The van der Waals surface area contributed by atoms with Crippen molar-refractivity contribution in [1.82, 2.24) is 10.6 Å². The second kappa shape index (κ2) is 10.4. The van der Waals surface area contributed by atoms with E-state index in [1.54, 1.807) is 7.11 Å². The van der Waals surface area contributed by atoms with E-state index in [9.17, 15) is 0 Å². The Morgan fingerprint density at radius 2 is 2.20 bits per heavy atom. The molecule has 6 nitrogen and oxygen atoms in total. The van der Waals surface area contributed by atoms with E-state index in [1.807, 2.05) is 26.0 Å². The average molecular weight is 370 g/mol. The molecule has 0 aliphatic carbocycles. The minimum atomic E-state index is 0.267. The van der Waals surface area contributed by atoms with Crippen molar-refractivity contribution in [3.05, 3.63) is 22.7 Å². The first-order valence-corrected chi connectivity index (χ1v) is 9.18. The summed E-state index contributed by atoms with van der Waals surface area (Å²) in [6.45, 7) is 7.39. The van der Waals surface area contributed by atoms with Gasteiger partial charge in [-0.1, -0.05) is 11.6 Å². The molecule has 2 N–H and O–H groups in total. The summed E-state index contributed by atoms with van der Waals surface area (Å²) < 4.78 is 16.6. The van der Waals surface area contributed by atoms with Crippen LogP contribution in [0.25, 0.3) is 0 Å². The molecule has 0 aromatic heterocycles. The second-order valence-corrected chi connectivity index (χ2v) is 6.16. The summed E-state index contributed by atoms with van der Waals surface area (Å²) in [6, 6.07) is 3.77. The van der Waals surface area contributed by atoms with Gasteiger partial charge in [-0.2, -0.15) is 0 Å². The van der Waals surface area contributed by atoms with Crippen LogP contribution in [0, 0.1) is 0 Å². The van der Waals surface area contributed by atoms with Crippen LogP contribution in [0.4, 0.5) is 0 Å². The first-order valence-electron chi connectivity index (χ1n) is 8.80. The van der Waals surface area contributed by atoms with E-state index < -0.39 is 0 Å². The van der Waals surface area contributed by atoms with Gasteiger partial charge in [0.05, 0.1) is 31.4 Å². The largest absolute Gasteiger partial charge is 0.493 e. The van der Waals surface area contributed by atoms with Crippen LogP contribution in [-0.4, -0.2) is 45.5 Å². The quantitative estimate of drug-likeness (QED) is 0.544. The maximum absolute atomic E-state index is 6.31. The van der Waals surface area contributed by atoms with Gasteiger partial charge in [-0.3, -0.25) is 0 Å². The normalized spacial score (nSPS) is 17.4. The Morgan fingerprint density at radius 3 is 2.84 bits per heavy atom. The maximum atomic E-state index is 6.31. The highest BCUT2D eigenvalue weighted by Gasteiger charge is 2.15. The van der Waals surface area contributed by atoms with Crippen molar-refractivity contribution in [2.24, 2.45) is 4.99 Å². The van der Waals surface area contributed by atoms with Gasteiger partial charge in [0.25, 0.3) is 0 Å². The summed E-state index contributed by atoms with van der Waals surface area (Å²) in [5.74, 6) is 1.96. The standard InChI is InChI=1S/C18H28ClN3O3/c1-4-20-18(22-12-14-7-6-8-25-14)21-11-13-9-15(19)17(24-5-2)16(10-13)23-3/h9-10,14H,4-8,11-12H2,1-3H3,(H2,20,21,22). The van der Waals surface area contributed by atoms with E-state index in [1.165, 1.54) is 0 Å². The molecule has 1 atom stereocenters. The molecular formula is C18H28ClN3O3. The molecule has 1 aromatic rings. The molecule has 0 saturated carbocycles. The van der Waals surface area contributed by atoms with Crippen molar-refractivity contribution in [3.8, 4) is 11.5 Å². The van der Waals surface area contributed by atoms with Gasteiger partial charge in [-0.25, -0.2) is 4.99 Å². The molecule has 0 amide bonds. The van der Waals surface area contributed by atoms with Gasteiger partial charge in [-0.05, 0) is 44.4 Å². The molecule has 0 radical (unpaired) electrons. The van der Waals surface area contributed by atoms with E-state index in [0.717, 1.165) is 44.1 Å². The number of nitrogens with one attached hydrogen (secondary N) is 2.